The Bertz CT molecular complexity index is 665. The molecule has 1 N–H and O–H groups in total. The molecular formula is C15H17F3N4S. The van der Waals surface area contributed by atoms with E-state index in [4.69, 9.17) is 0 Å². The summed E-state index contributed by atoms with van der Waals surface area (Å²) in [5, 5.41) is 9.00. The Hall–Kier alpha value is -1.83. The van der Waals surface area contributed by atoms with Crippen LogP contribution in [0.1, 0.15) is 36.4 Å². The summed E-state index contributed by atoms with van der Waals surface area (Å²) in [6, 6.07) is 7.93. The Morgan fingerprint density at radius 1 is 1.22 bits per heavy atom. The lowest BCUT2D eigenvalue weighted by Crippen LogP contribution is -2.18. The highest BCUT2D eigenvalue weighted by atomic mass is 32.1. The fourth-order valence-electron chi connectivity index (χ4n) is 2.63. The molecule has 23 heavy (non-hydrogen) atoms. The van der Waals surface area contributed by atoms with E-state index in [1.54, 1.807) is 0 Å². The van der Waals surface area contributed by atoms with Gasteiger partial charge < -0.3 is 10.2 Å². The van der Waals surface area contributed by atoms with E-state index < -0.39 is 11.2 Å². The maximum atomic E-state index is 12.6. The van der Waals surface area contributed by atoms with Gasteiger partial charge in [0, 0.05) is 18.8 Å². The van der Waals surface area contributed by atoms with Gasteiger partial charge in [-0.15, -0.1) is 10.2 Å². The number of aromatic nitrogens is 2. The van der Waals surface area contributed by atoms with E-state index in [2.05, 4.69) is 32.5 Å². The normalized spacial score (nSPS) is 16.6. The number of hydrogen-bond donors (Lipinski definition) is 1. The van der Waals surface area contributed by atoms with Gasteiger partial charge >= 0.3 is 6.18 Å². The summed E-state index contributed by atoms with van der Waals surface area (Å²) in [7, 11) is 0. The van der Waals surface area contributed by atoms with Crippen LogP contribution in [-0.2, 0) is 6.18 Å². The molecule has 1 aromatic heterocycles. The van der Waals surface area contributed by atoms with E-state index in [1.165, 1.54) is 12.8 Å². The molecule has 2 heterocycles. The van der Waals surface area contributed by atoms with Gasteiger partial charge in [0.15, 0.2) is 0 Å². The molecule has 1 aliphatic heterocycles. The van der Waals surface area contributed by atoms with Gasteiger partial charge in [0.25, 0.3) is 0 Å². The molecule has 0 radical (unpaired) electrons. The van der Waals surface area contributed by atoms with Gasteiger partial charge in [-0.3, -0.25) is 0 Å². The Morgan fingerprint density at radius 3 is 2.61 bits per heavy atom. The Kier molecular flexibility index (Phi) is 4.43. The molecule has 0 spiro atoms. The first-order chi connectivity index (χ1) is 10.9. The number of hydrogen-bond acceptors (Lipinski definition) is 5. The van der Waals surface area contributed by atoms with E-state index in [9.17, 15) is 13.2 Å². The molecule has 1 fully saturated rings. The minimum absolute atomic E-state index is 0.147. The van der Waals surface area contributed by atoms with Gasteiger partial charge in [-0.05, 0) is 37.5 Å². The average molecular weight is 342 g/mol. The zero-order valence-corrected chi connectivity index (χ0v) is 13.4. The second-order valence-corrected chi connectivity index (χ2v) is 6.54. The predicted molar refractivity (Wildman–Crippen MR) is 84.8 cm³/mol. The summed E-state index contributed by atoms with van der Waals surface area (Å²) < 4.78 is 37.7. The molecule has 0 aliphatic carbocycles. The third-order valence-electron chi connectivity index (χ3n) is 3.85. The molecule has 0 saturated carbocycles. The van der Waals surface area contributed by atoms with Gasteiger partial charge in [0.2, 0.25) is 10.1 Å². The first-order valence-corrected chi connectivity index (χ1v) is 8.27. The van der Waals surface area contributed by atoms with Gasteiger partial charge in [0.05, 0.1) is 6.04 Å². The zero-order chi connectivity index (χ0) is 16.4. The zero-order valence-electron chi connectivity index (χ0n) is 12.6. The van der Waals surface area contributed by atoms with Crippen molar-refractivity contribution in [2.45, 2.75) is 32.0 Å². The molecule has 1 unspecified atom stereocenters. The van der Waals surface area contributed by atoms with Crippen LogP contribution in [0.3, 0.4) is 0 Å². The minimum Gasteiger partial charge on any atom is -0.372 e. The monoisotopic (exact) mass is 342 g/mol. The van der Waals surface area contributed by atoms with E-state index >= 15 is 0 Å². The maximum absolute atomic E-state index is 12.6. The van der Waals surface area contributed by atoms with Crippen LogP contribution in [0.5, 0.6) is 0 Å². The molecule has 2 aromatic rings. The lowest BCUT2D eigenvalue weighted by molar-refractivity contribution is -0.138. The quantitative estimate of drug-likeness (QED) is 0.898. The van der Waals surface area contributed by atoms with Gasteiger partial charge in [0.1, 0.15) is 0 Å². The van der Waals surface area contributed by atoms with Gasteiger partial charge in [-0.25, -0.2) is 0 Å². The van der Waals surface area contributed by atoms with Crippen molar-refractivity contribution >= 4 is 22.2 Å². The molecule has 1 aliphatic rings. The summed E-state index contributed by atoms with van der Waals surface area (Å²) >= 11 is 0.524. The first kappa shape index (κ1) is 16.0. The summed E-state index contributed by atoms with van der Waals surface area (Å²) in [5.74, 6) is 0. The van der Waals surface area contributed by atoms with Crippen LogP contribution in [-0.4, -0.2) is 23.3 Å². The summed E-state index contributed by atoms with van der Waals surface area (Å²) in [6.07, 6.45) is -2.05. The predicted octanol–water partition coefficient (Wildman–Crippen LogP) is 4.33. The standard InChI is InChI=1S/C15H17F3N4S/c1-10(19-14-21-20-13(23-14)15(16,17)18)11-5-4-6-12(9-11)22-7-2-3-8-22/h4-6,9-10H,2-3,7-8H2,1H3,(H,19,21). The molecule has 0 amide bonds. The number of rotatable bonds is 4. The molecule has 1 aromatic carbocycles. The topological polar surface area (TPSA) is 41.1 Å². The summed E-state index contributed by atoms with van der Waals surface area (Å²) in [4.78, 5) is 2.32. The minimum atomic E-state index is -4.45. The molecule has 1 saturated heterocycles. The highest BCUT2D eigenvalue weighted by molar-refractivity contribution is 7.15. The van der Waals surface area contributed by atoms with Crippen molar-refractivity contribution < 1.29 is 13.2 Å². The lowest BCUT2D eigenvalue weighted by atomic mass is 10.1. The van der Waals surface area contributed by atoms with E-state index in [1.807, 2.05) is 19.1 Å². The van der Waals surface area contributed by atoms with E-state index in [0.29, 0.717) is 11.3 Å². The van der Waals surface area contributed by atoms with Crippen LogP contribution in [0.4, 0.5) is 24.0 Å². The summed E-state index contributed by atoms with van der Waals surface area (Å²) in [6.45, 7) is 4.00. The van der Waals surface area contributed by atoms with Crippen molar-refractivity contribution in [1.29, 1.82) is 0 Å². The molecule has 8 heteroatoms. The molecular weight excluding hydrogens is 325 g/mol. The number of nitrogens with one attached hydrogen (secondary N) is 1. The van der Waals surface area contributed by atoms with Crippen molar-refractivity contribution in [3.63, 3.8) is 0 Å². The number of anilines is 2. The van der Waals surface area contributed by atoms with Crippen molar-refractivity contribution in [1.82, 2.24) is 10.2 Å². The Balaban J connectivity index is 1.71. The fraction of sp³-hybridized carbons (Fsp3) is 0.467. The van der Waals surface area contributed by atoms with Crippen LogP contribution < -0.4 is 10.2 Å². The third-order valence-corrected chi connectivity index (χ3v) is 4.75. The summed E-state index contributed by atoms with van der Waals surface area (Å²) in [5.41, 5.74) is 2.17. The third kappa shape index (κ3) is 3.74. The van der Waals surface area contributed by atoms with Gasteiger partial charge in [-0.2, -0.15) is 13.2 Å². The van der Waals surface area contributed by atoms with Crippen molar-refractivity contribution in [3.05, 3.63) is 34.8 Å². The Morgan fingerprint density at radius 2 is 1.96 bits per heavy atom. The Labute approximate surface area is 136 Å². The average Bonchev–Trinajstić information content (AvgIpc) is 3.18. The number of halogens is 3. The van der Waals surface area contributed by atoms with Crippen LogP contribution in [0, 0.1) is 0 Å². The van der Waals surface area contributed by atoms with Crippen molar-refractivity contribution in [2.24, 2.45) is 0 Å². The SMILES string of the molecule is CC(Nc1nnc(C(F)(F)F)s1)c1cccc(N2CCCC2)c1. The molecule has 1 atom stereocenters. The largest absolute Gasteiger partial charge is 0.445 e. The highest BCUT2D eigenvalue weighted by Gasteiger charge is 2.35. The van der Waals surface area contributed by atoms with Crippen LogP contribution in [0.2, 0.25) is 0 Å². The highest BCUT2D eigenvalue weighted by Crippen LogP contribution is 2.34. The van der Waals surface area contributed by atoms with E-state index in [0.717, 1.165) is 24.3 Å². The second-order valence-electron chi connectivity index (χ2n) is 5.57. The van der Waals surface area contributed by atoms with Crippen LogP contribution >= 0.6 is 11.3 Å². The molecule has 0 bridgehead atoms. The number of benzene rings is 1. The number of alkyl halides is 3. The van der Waals surface area contributed by atoms with Gasteiger partial charge in [-0.1, -0.05) is 23.5 Å². The van der Waals surface area contributed by atoms with Crippen molar-refractivity contribution in [2.75, 3.05) is 23.3 Å². The lowest BCUT2D eigenvalue weighted by Gasteiger charge is -2.20. The smallest absolute Gasteiger partial charge is 0.372 e. The molecule has 4 nitrogen and oxygen atoms in total. The van der Waals surface area contributed by atoms with Crippen LogP contribution in [0.15, 0.2) is 24.3 Å². The van der Waals surface area contributed by atoms with Crippen molar-refractivity contribution in [3.8, 4) is 0 Å². The fourth-order valence-corrected chi connectivity index (χ4v) is 3.33. The molecule has 3 rings (SSSR count). The second kappa shape index (κ2) is 6.35. The molecule has 124 valence electrons. The number of nitrogens with zero attached hydrogens (tertiary/aromatic N) is 3. The van der Waals surface area contributed by atoms with E-state index in [-0.39, 0.29) is 11.2 Å². The first-order valence-electron chi connectivity index (χ1n) is 7.45. The maximum Gasteiger partial charge on any atom is 0.445 e. The van der Waals surface area contributed by atoms with Crippen LogP contribution in [0.25, 0.3) is 0 Å².